The van der Waals surface area contributed by atoms with E-state index in [0.29, 0.717) is 30.8 Å². The van der Waals surface area contributed by atoms with Crippen molar-refractivity contribution in [1.82, 2.24) is 15.3 Å². The van der Waals surface area contributed by atoms with Crippen molar-refractivity contribution in [2.45, 2.75) is 19.3 Å². The Morgan fingerprint density at radius 1 is 1.21 bits per heavy atom. The van der Waals surface area contributed by atoms with Crippen LogP contribution in [0.15, 0.2) is 36.4 Å². The number of amides is 1. The lowest BCUT2D eigenvalue weighted by Gasteiger charge is -2.29. The first kappa shape index (κ1) is 19.6. The minimum atomic E-state index is -0.119. The monoisotopic (exact) mass is 395 g/mol. The van der Waals surface area contributed by atoms with Crippen LogP contribution in [0.4, 0.5) is 11.8 Å². The molecule has 0 unspecified atom stereocenters. The maximum Gasteiger partial charge on any atom is 0.270 e. The molecule has 0 spiro atoms. The van der Waals surface area contributed by atoms with E-state index in [1.165, 1.54) is 18.4 Å². The van der Waals surface area contributed by atoms with Crippen molar-refractivity contribution in [3.8, 4) is 0 Å². The summed E-state index contributed by atoms with van der Waals surface area (Å²) in [7, 11) is 1.98. The lowest BCUT2D eigenvalue weighted by Crippen LogP contribution is -2.37. The molecule has 1 aromatic heterocycles. The number of carbonyl (C=O) groups is 1. The third-order valence-electron chi connectivity index (χ3n) is 5.44. The third-order valence-corrected chi connectivity index (χ3v) is 5.44. The topological polar surface area (TPSA) is 70.6 Å². The first-order valence-corrected chi connectivity index (χ1v) is 10.4. The molecule has 1 saturated carbocycles. The van der Waals surface area contributed by atoms with Gasteiger partial charge in [0.05, 0.1) is 13.2 Å². The van der Waals surface area contributed by atoms with Gasteiger partial charge in [-0.05, 0) is 30.7 Å². The lowest BCUT2D eigenvalue weighted by atomic mass is 10.1. The van der Waals surface area contributed by atoms with Gasteiger partial charge in [-0.15, -0.1) is 0 Å². The highest BCUT2D eigenvalue weighted by molar-refractivity contribution is 5.93. The van der Waals surface area contributed by atoms with Crippen LogP contribution >= 0.6 is 0 Å². The van der Waals surface area contributed by atoms with Gasteiger partial charge in [0.1, 0.15) is 11.5 Å². The summed E-state index contributed by atoms with van der Waals surface area (Å²) in [5.74, 6) is 1.89. The van der Waals surface area contributed by atoms with E-state index in [4.69, 9.17) is 9.72 Å². The number of anilines is 2. The molecular weight excluding hydrogens is 366 g/mol. The van der Waals surface area contributed by atoms with E-state index in [1.807, 2.05) is 36.2 Å². The van der Waals surface area contributed by atoms with Crippen LogP contribution in [0, 0.1) is 5.92 Å². The Hall–Kier alpha value is -2.67. The van der Waals surface area contributed by atoms with E-state index in [2.05, 4.69) is 27.3 Å². The van der Waals surface area contributed by atoms with Crippen LogP contribution in [0.5, 0.6) is 0 Å². The second-order valence-electron chi connectivity index (χ2n) is 7.82. The van der Waals surface area contributed by atoms with Gasteiger partial charge in [0, 0.05) is 39.3 Å². The van der Waals surface area contributed by atoms with E-state index >= 15 is 0 Å². The fraction of sp³-hybridized carbons (Fsp3) is 0.500. The molecule has 2 fully saturated rings. The largest absolute Gasteiger partial charge is 0.378 e. The second-order valence-corrected chi connectivity index (χ2v) is 7.82. The molecule has 154 valence electrons. The molecule has 4 rings (SSSR count). The molecule has 0 atom stereocenters. The molecule has 7 heteroatoms. The van der Waals surface area contributed by atoms with Gasteiger partial charge in [-0.2, -0.15) is 4.98 Å². The highest BCUT2D eigenvalue weighted by Crippen LogP contribution is 2.27. The van der Waals surface area contributed by atoms with E-state index in [-0.39, 0.29) is 5.91 Å². The van der Waals surface area contributed by atoms with Gasteiger partial charge in [0.25, 0.3) is 5.91 Å². The Balaban J connectivity index is 1.51. The zero-order chi connectivity index (χ0) is 20.1. The van der Waals surface area contributed by atoms with Gasteiger partial charge < -0.3 is 19.9 Å². The number of carbonyl (C=O) groups excluding carboxylic acids is 1. The van der Waals surface area contributed by atoms with Gasteiger partial charge in [0.2, 0.25) is 5.95 Å². The number of rotatable bonds is 8. The molecule has 0 radical (unpaired) electrons. The molecular formula is C22H29N5O2. The number of aromatic nitrogens is 2. The van der Waals surface area contributed by atoms with E-state index in [0.717, 1.165) is 38.4 Å². The summed E-state index contributed by atoms with van der Waals surface area (Å²) in [5, 5.41) is 3.02. The Bertz CT molecular complexity index is 819. The van der Waals surface area contributed by atoms with Crippen molar-refractivity contribution in [2.24, 2.45) is 5.92 Å². The number of morpholine rings is 1. The van der Waals surface area contributed by atoms with Crippen molar-refractivity contribution in [2.75, 3.05) is 56.2 Å². The van der Waals surface area contributed by atoms with Gasteiger partial charge in [-0.25, -0.2) is 4.98 Å². The first-order valence-electron chi connectivity index (χ1n) is 10.4. The zero-order valence-corrected chi connectivity index (χ0v) is 17.0. The maximum atomic E-state index is 12.7. The van der Waals surface area contributed by atoms with Gasteiger partial charge in [0.15, 0.2) is 0 Å². The molecule has 1 aromatic carbocycles. The van der Waals surface area contributed by atoms with Crippen LogP contribution in [-0.2, 0) is 11.2 Å². The number of ether oxygens (including phenoxy) is 1. The fourth-order valence-corrected chi connectivity index (χ4v) is 3.35. The van der Waals surface area contributed by atoms with Crippen LogP contribution < -0.4 is 15.1 Å². The molecule has 29 heavy (non-hydrogen) atoms. The molecule has 2 aromatic rings. The molecule has 0 bridgehead atoms. The number of hydrogen-bond donors (Lipinski definition) is 1. The molecule has 1 N–H and O–H groups in total. The van der Waals surface area contributed by atoms with Crippen molar-refractivity contribution in [3.05, 3.63) is 47.7 Å². The fourth-order valence-electron chi connectivity index (χ4n) is 3.35. The predicted molar refractivity (Wildman–Crippen MR) is 114 cm³/mol. The van der Waals surface area contributed by atoms with Crippen LogP contribution in [0.2, 0.25) is 0 Å². The molecule has 2 aliphatic rings. The predicted octanol–water partition coefficient (Wildman–Crippen LogP) is 2.13. The van der Waals surface area contributed by atoms with Crippen LogP contribution in [0.25, 0.3) is 0 Å². The van der Waals surface area contributed by atoms with E-state index < -0.39 is 0 Å². The van der Waals surface area contributed by atoms with Crippen LogP contribution in [-0.4, -0.2) is 62.3 Å². The standard InChI is InChI=1S/C22H29N5O2/c1-26(10-9-17-5-3-2-4-6-17)22-24-19(21(28)23-16-18-7-8-18)15-20(25-22)27-11-13-29-14-12-27/h2-6,15,18H,7-14,16H2,1H3,(H,23,28). The third kappa shape index (κ3) is 5.44. The molecule has 1 aliphatic carbocycles. The van der Waals surface area contributed by atoms with Gasteiger partial charge in [-0.3, -0.25) is 4.79 Å². The summed E-state index contributed by atoms with van der Waals surface area (Å²) in [4.78, 5) is 26.2. The lowest BCUT2D eigenvalue weighted by molar-refractivity contribution is 0.0946. The van der Waals surface area contributed by atoms with E-state index in [9.17, 15) is 4.79 Å². The first-order chi connectivity index (χ1) is 14.2. The van der Waals surface area contributed by atoms with Gasteiger partial charge >= 0.3 is 0 Å². The average Bonchev–Trinajstić information content (AvgIpc) is 3.61. The molecule has 1 aliphatic heterocycles. The summed E-state index contributed by atoms with van der Waals surface area (Å²) < 4.78 is 5.46. The highest BCUT2D eigenvalue weighted by atomic mass is 16.5. The Morgan fingerprint density at radius 2 is 1.97 bits per heavy atom. The minimum Gasteiger partial charge on any atom is -0.378 e. The average molecular weight is 396 g/mol. The van der Waals surface area contributed by atoms with Crippen molar-refractivity contribution in [3.63, 3.8) is 0 Å². The number of likely N-dealkylation sites (N-methyl/N-ethyl adjacent to an activating group) is 1. The minimum absolute atomic E-state index is 0.119. The van der Waals surface area contributed by atoms with Gasteiger partial charge in [-0.1, -0.05) is 30.3 Å². The number of nitrogens with zero attached hydrogens (tertiary/aromatic N) is 4. The normalized spacial score (nSPS) is 16.5. The SMILES string of the molecule is CN(CCc1ccccc1)c1nc(C(=O)NCC2CC2)cc(N2CCOCC2)n1. The van der Waals surface area contributed by atoms with Crippen LogP contribution in [0.1, 0.15) is 28.9 Å². The Morgan fingerprint density at radius 3 is 2.69 bits per heavy atom. The van der Waals surface area contributed by atoms with Crippen molar-refractivity contribution >= 4 is 17.7 Å². The molecule has 7 nitrogen and oxygen atoms in total. The van der Waals surface area contributed by atoms with Crippen molar-refractivity contribution < 1.29 is 9.53 Å². The summed E-state index contributed by atoms with van der Waals surface area (Å²) in [6.07, 6.45) is 3.30. The summed E-state index contributed by atoms with van der Waals surface area (Å²) in [6, 6.07) is 12.2. The summed E-state index contributed by atoms with van der Waals surface area (Å²) in [5.41, 5.74) is 1.70. The quantitative estimate of drug-likeness (QED) is 0.738. The molecule has 1 saturated heterocycles. The molecule has 1 amide bonds. The number of nitrogens with one attached hydrogen (secondary N) is 1. The second kappa shape index (κ2) is 9.22. The maximum absolute atomic E-state index is 12.7. The Labute approximate surface area is 172 Å². The number of hydrogen-bond acceptors (Lipinski definition) is 6. The Kier molecular flexibility index (Phi) is 6.24. The van der Waals surface area contributed by atoms with E-state index in [1.54, 1.807) is 0 Å². The molecule has 2 heterocycles. The van der Waals surface area contributed by atoms with Crippen LogP contribution in [0.3, 0.4) is 0 Å². The highest BCUT2D eigenvalue weighted by Gasteiger charge is 2.23. The smallest absolute Gasteiger partial charge is 0.270 e. The zero-order valence-electron chi connectivity index (χ0n) is 17.0. The summed E-state index contributed by atoms with van der Waals surface area (Å²) >= 11 is 0. The number of benzene rings is 1. The summed E-state index contributed by atoms with van der Waals surface area (Å²) in [6.45, 7) is 4.40. The van der Waals surface area contributed by atoms with Crippen molar-refractivity contribution in [1.29, 1.82) is 0 Å².